The van der Waals surface area contributed by atoms with Crippen LogP contribution < -0.4 is 19.5 Å². The molecule has 13 heteroatoms. The Morgan fingerprint density at radius 1 is 0.973 bits per heavy atom. The summed E-state index contributed by atoms with van der Waals surface area (Å²) in [6, 6.07) is 13.0. The topological polar surface area (TPSA) is 150 Å². The average molecular weight is 548 g/mol. The average Bonchev–Trinajstić information content (AvgIpc) is 2.89. The number of carbonyl (C=O) groups is 3. The first-order valence-corrected chi connectivity index (χ1v) is 12.5. The first-order chi connectivity index (χ1) is 17.6. The number of hydrogen-bond acceptors (Lipinski definition) is 9. The predicted octanol–water partition coefficient (Wildman–Crippen LogP) is 2.98. The fourth-order valence-electron chi connectivity index (χ4n) is 3.05. The van der Waals surface area contributed by atoms with E-state index in [1.807, 2.05) is 4.72 Å². The number of carbonyl (C=O) groups excluding carboxylic acids is 3. The van der Waals surface area contributed by atoms with Crippen LogP contribution in [0.5, 0.6) is 11.6 Å². The molecule has 3 rings (SSSR count). The first kappa shape index (κ1) is 27.4. The Kier molecular flexibility index (Phi) is 9.04. The van der Waals surface area contributed by atoms with Gasteiger partial charge in [-0.2, -0.15) is 0 Å². The second kappa shape index (κ2) is 12.2. The number of nitrogens with zero attached hydrogens (tertiary/aromatic N) is 1. The zero-order valence-corrected chi connectivity index (χ0v) is 21.3. The maximum atomic E-state index is 12.6. The summed E-state index contributed by atoms with van der Waals surface area (Å²) in [6.45, 7) is 0.278. The number of methoxy groups -OCH3 is 2. The molecule has 3 aromatic rings. The maximum Gasteiger partial charge on any atom is 0.514 e. The molecule has 0 saturated heterocycles. The van der Waals surface area contributed by atoms with E-state index in [0.717, 1.165) is 18.9 Å². The van der Waals surface area contributed by atoms with Gasteiger partial charge in [-0.25, -0.2) is 22.9 Å². The third kappa shape index (κ3) is 7.41. The van der Waals surface area contributed by atoms with E-state index in [-0.39, 0.29) is 28.8 Å². The molecular formula is C24H22ClN3O8S. The number of rotatable bonds is 9. The van der Waals surface area contributed by atoms with Crippen LogP contribution in [0.15, 0.2) is 65.7 Å². The van der Waals surface area contributed by atoms with E-state index in [0.29, 0.717) is 22.8 Å². The van der Waals surface area contributed by atoms with Crippen LogP contribution in [-0.2, 0) is 21.2 Å². The lowest BCUT2D eigenvalue weighted by molar-refractivity contribution is 0.0948. The van der Waals surface area contributed by atoms with Crippen molar-refractivity contribution in [2.75, 3.05) is 20.8 Å². The summed E-state index contributed by atoms with van der Waals surface area (Å²) >= 11 is 5.96. The van der Waals surface area contributed by atoms with Gasteiger partial charge in [-0.1, -0.05) is 23.7 Å². The molecule has 37 heavy (non-hydrogen) atoms. The molecule has 0 aliphatic carbocycles. The summed E-state index contributed by atoms with van der Waals surface area (Å²) in [7, 11) is -1.59. The number of benzene rings is 2. The molecule has 1 heterocycles. The van der Waals surface area contributed by atoms with Crippen LogP contribution in [0.2, 0.25) is 5.02 Å². The molecule has 0 radical (unpaired) electrons. The van der Waals surface area contributed by atoms with Crippen molar-refractivity contribution in [1.29, 1.82) is 0 Å². The van der Waals surface area contributed by atoms with E-state index >= 15 is 0 Å². The molecule has 0 saturated carbocycles. The quantitative estimate of drug-likeness (QED) is 0.385. The second-order valence-corrected chi connectivity index (χ2v) is 9.49. The molecule has 1 aromatic heterocycles. The van der Waals surface area contributed by atoms with Gasteiger partial charge in [-0.3, -0.25) is 9.59 Å². The minimum absolute atomic E-state index is 0.0653. The molecule has 0 unspecified atom stereocenters. The highest BCUT2D eigenvalue weighted by Gasteiger charge is 2.19. The van der Waals surface area contributed by atoms with Crippen LogP contribution in [0.4, 0.5) is 4.79 Å². The Balaban J connectivity index is 1.56. The highest BCUT2D eigenvalue weighted by atomic mass is 35.5. The van der Waals surface area contributed by atoms with Crippen molar-refractivity contribution in [1.82, 2.24) is 15.0 Å². The van der Waals surface area contributed by atoms with Gasteiger partial charge in [0.25, 0.3) is 21.8 Å². The second-order valence-electron chi connectivity index (χ2n) is 7.37. The number of hydrogen-bond donors (Lipinski definition) is 2. The van der Waals surface area contributed by atoms with E-state index in [2.05, 4.69) is 15.0 Å². The van der Waals surface area contributed by atoms with Crippen LogP contribution in [0.1, 0.15) is 26.3 Å². The summed E-state index contributed by atoms with van der Waals surface area (Å²) in [6.07, 6.45) is 0.492. The first-order valence-electron chi connectivity index (χ1n) is 10.6. The summed E-state index contributed by atoms with van der Waals surface area (Å²) < 4.78 is 41.4. The third-order valence-corrected chi connectivity index (χ3v) is 6.50. The minimum atomic E-state index is -4.17. The fourth-order valence-corrected chi connectivity index (χ4v) is 4.20. The molecule has 194 valence electrons. The molecular weight excluding hydrogens is 526 g/mol. The number of halogens is 1. The predicted molar refractivity (Wildman–Crippen MR) is 132 cm³/mol. The molecule has 2 aromatic carbocycles. The maximum absolute atomic E-state index is 12.6. The molecule has 0 aliphatic heterocycles. The van der Waals surface area contributed by atoms with Crippen molar-refractivity contribution in [3.05, 3.63) is 82.5 Å². The highest BCUT2D eigenvalue weighted by molar-refractivity contribution is 7.90. The zero-order chi connectivity index (χ0) is 27.0. The highest BCUT2D eigenvalue weighted by Crippen LogP contribution is 2.22. The van der Waals surface area contributed by atoms with Crippen LogP contribution in [0.25, 0.3) is 0 Å². The third-order valence-electron chi connectivity index (χ3n) is 4.92. The minimum Gasteiger partial charge on any atom is -0.496 e. The van der Waals surface area contributed by atoms with Crippen molar-refractivity contribution in [2.24, 2.45) is 0 Å². The van der Waals surface area contributed by atoms with Gasteiger partial charge in [-0.05, 0) is 48.4 Å². The summed E-state index contributed by atoms with van der Waals surface area (Å²) in [5, 5.41) is 3.16. The number of ether oxygens (including phenoxy) is 3. The van der Waals surface area contributed by atoms with Gasteiger partial charge in [0, 0.05) is 23.8 Å². The van der Waals surface area contributed by atoms with Gasteiger partial charge in [0.2, 0.25) is 5.88 Å². The molecule has 2 amide bonds. The number of sulfonamides is 1. The molecule has 0 aliphatic rings. The van der Waals surface area contributed by atoms with Gasteiger partial charge in [0.05, 0.1) is 30.2 Å². The Labute approximate surface area is 217 Å². The van der Waals surface area contributed by atoms with E-state index in [1.165, 1.54) is 37.4 Å². The van der Waals surface area contributed by atoms with Crippen molar-refractivity contribution in [3.63, 3.8) is 0 Å². The Bertz CT molecular complexity index is 1390. The fraction of sp³-hybridized carbons (Fsp3) is 0.167. The van der Waals surface area contributed by atoms with E-state index < -0.39 is 22.1 Å². The van der Waals surface area contributed by atoms with Gasteiger partial charge < -0.3 is 19.5 Å². The number of pyridine rings is 1. The lowest BCUT2D eigenvalue weighted by Gasteiger charge is -2.10. The number of nitrogens with one attached hydrogen (secondary N) is 2. The Hall–Kier alpha value is -4.16. The summed E-state index contributed by atoms with van der Waals surface area (Å²) in [5.74, 6) is -1.01. The summed E-state index contributed by atoms with van der Waals surface area (Å²) in [5.41, 5.74) is 0.992. The monoisotopic (exact) mass is 547 g/mol. The van der Waals surface area contributed by atoms with Gasteiger partial charge in [-0.15, -0.1) is 0 Å². The Morgan fingerprint density at radius 2 is 1.70 bits per heavy atom. The van der Waals surface area contributed by atoms with Crippen LogP contribution in [0.3, 0.4) is 0 Å². The molecule has 0 spiro atoms. The van der Waals surface area contributed by atoms with Crippen molar-refractivity contribution in [3.8, 4) is 11.6 Å². The lowest BCUT2D eigenvalue weighted by Crippen LogP contribution is -2.30. The Morgan fingerprint density at radius 3 is 2.32 bits per heavy atom. The number of aromatic nitrogens is 1. The lowest BCUT2D eigenvalue weighted by atomic mass is 10.1. The molecule has 0 atom stereocenters. The van der Waals surface area contributed by atoms with Gasteiger partial charge in [0.1, 0.15) is 5.75 Å². The molecule has 11 nitrogen and oxygen atoms in total. The van der Waals surface area contributed by atoms with E-state index in [4.69, 9.17) is 21.1 Å². The van der Waals surface area contributed by atoms with Crippen LogP contribution in [0, 0.1) is 0 Å². The normalized spacial score (nSPS) is 10.8. The van der Waals surface area contributed by atoms with Gasteiger partial charge in [0.15, 0.2) is 0 Å². The smallest absolute Gasteiger partial charge is 0.496 e. The largest absolute Gasteiger partial charge is 0.514 e. The van der Waals surface area contributed by atoms with Crippen molar-refractivity contribution in [2.45, 2.75) is 11.3 Å². The van der Waals surface area contributed by atoms with Crippen molar-refractivity contribution < 1.29 is 37.0 Å². The van der Waals surface area contributed by atoms with Gasteiger partial charge >= 0.3 is 6.16 Å². The molecule has 0 fully saturated rings. The van der Waals surface area contributed by atoms with Crippen LogP contribution >= 0.6 is 11.6 Å². The van der Waals surface area contributed by atoms with E-state index in [9.17, 15) is 22.8 Å². The van der Waals surface area contributed by atoms with Crippen LogP contribution in [-0.4, -0.2) is 52.1 Å². The van der Waals surface area contributed by atoms with E-state index in [1.54, 1.807) is 24.3 Å². The molecule has 2 N–H and O–H groups in total. The van der Waals surface area contributed by atoms with Crippen molar-refractivity contribution >= 4 is 39.6 Å². The standard InChI is InChI=1S/C24H22ClN3O8S/c1-34-20-9-6-17(25)13-19(20)23(30)26-12-11-15-3-7-18(8-4-15)37(32,33)28-22(29)16-5-10-21(27-14-16)36-24(31)35-2/h3-10,13-14H,11-12H2,1-2H3,(H,26,30)(H,28,29). The summed E-state index contributed by atoms with van der Waals surface area (Å²) in [4.78, 5) is 39.5. The molecule has 0 bridgehead atoms. The SMILES string of the molecule is COC(=O)Oc1ccc(C(=O)NS(=O)(=O)c2ccc(CCNC(=O)c3cc(Cl)ccc3OC)cc2)cn1. The number of amides is 2. The zero-order valence-electron chi connectivity index (χ0n) is 19.7.